The molecule has 0 aliphatic rings. The van der Waals surface area contributed by atoms with Gasteiger partial charge in [-0.3, -0.25) is 0 Å². The maximum atomic E-state index is 5.98. The molecule has 19 heavy (non-hydrogen) atoms. The van der Waals surface area contributed by atoms with E-state index >= 15 is 0 Å². The molecule has 0 aliphatic heterocycles. The molecular weight excluding hydrogens is 411 g/mol. The molecule has 0 saturated heterocycles. The lowest BCUT2D eigenvalue weighted by Crippen LogP contribution is -2.09. The Morgan fingerprint density at radius 3 is 2.42 bits per heavy atom. The molecule has 2 aromatic carbocycles. The number of thiocarbonyl (C=S) groups is 1. The molecule has 0 amide bonds. The number of halogens is 3. The Bertz CT molecular complexity index is 647. The third kappa shape index (κ3) is 3.69. The highest BCUT2D eigenvalue weighted by Crippen LogP contribution is 2.32. The smallest absolute Gasteiger partial charge is 0.104 e. The first kappa shape index (κ1) is 14.8. The molecule has 0 bridgehead atoms. The van der Waals surface area contributed by atoms with Crippen molar-refractivity contribution in [2.24, 2.45) is 5.73 Å². The Hall–Kier alpha value is -0.620. The van der Waals surface area contributed by atoms with Gasteiger partial charge < -0.3 is 11.1 Å². The minimum atomic E-state index is 0.371. The third-order valence-electron chi connectivity index (χ3n) is 2.45. The van der Waals surface area contributed by atoms with Crippen LogP contribution in [0.1, 0.15) is 5.56 Å². The summed E-state index contributed by atoms with van der Waals surface area (Å²) in [4.78, 5) is 0.371. The Morgan fingerprint density at radius 1 is 1.05 bits per heavy atom. The zero-order valence-corrected chi connectivity index (χ0v) is 14.3. The van der Waals surface area contributed by atoms with Gasteiger partial charge >= 0.3 is 0 Å². The summed E-state index contributed by atoms with van der Waals surface area (Å²) in [5.41, 5.74) is 8.20. The van der Waals surface area contributed by atoms with Gasteiger partial charge in [-0.05, 0) is 68.3 Å². The van der Waals surface area contributed by atoms with Gasteiger partial charge in [0.2, 0.25) is 0 Å². The topological polar surface area (TPSA) is 38.0 Å². The molecule has 2 rings (SSSR count). The van der Waals surface area contributed by atoms with Crippen LogP contribution in [0.15, 0.2) is 45.3 Å². The lowest BCUT2D eigenvalue weighted by Gasteiger charge is -2.12. The number of rotatable bonds is 3. The molecule has 0 radical (unpaired) electrons. The summed E-state index contributed by atoms with van der Waals surface area (Å²) in [6.45, 7) is 0. The van der Waals surface area contributed by atoms with Crippen molar-refractivity contribution in [3.8, 4) is 0 Å². The van der Waals surface area contributed by atoms with Crippen molar-refractivity contribution in [3.63, 3.8) is 0 Å². The van der Waals surface area contributed by atoms with Crippen LogP contribution in [0.4, 0.5) is 11.4 Å². The first-order valence-corrected chi connectivity index (χ1v) is 7.66. The quantitative estimate of drug-likeness (QED) is 0.667. The lowest BCUT2D eigenvalue weighted by molar-refractivity contribution is 1.49. The summed E-state index contributed by atoms with van der Waals surface area (Å²) in [5.74, 6) is 0. The van der Waals surface area contributed by atoms with E-state index in [2.05, 4.69) is 37.2 Å². The first-order valence-electron chi connectivity index (χ1n) is 5.29. The maximum absolute atomic E-state index is 5.98. The zero-order valence-electron chi connectivity index (χ0n) is 9.58. The van der Waals surface area contributed by atoms with Crippen molar-refractivity contribution >= 4 is 72.0 Å². The molecule has 98 valence electrons. The fourth-order valence-electron chi connectivity index (χ4n) is 1.51. The SMILES string of the molecule is NC(=S)c1ccc(Nc2cc(Cl)ccc2Br)c(Br)c1. The minimum Gasteiger partial charge on any atom is -0.389 e. The Kier molecular flexibility index (Phi) is 4.84. The molecule has 0 spiro atoms. The van der Waals surface area contributed by atoms with Crippen LogP contribution in [0.5, 0.6) is 0 Å². The molecular formula is C13H9Br2ClN2S. The van der Waals surface area contributed by atoms with Gasteiger partial charge in [-0.15, -0.1) is 0 Å². The van der Waals surface area contributed by atoms with Gasteiger partial charge in [-0.1, -0.05) is 23.8 Å². The Balaban J connectivity index is 2.33. The second kappa shape index (κ2) is 6.22. The van der Waals surface area contributed by atoms with Gasteiger partial charge in [0.15, 0.2) is 0 Å². The van der Waals surface area contributed by atoms with E-state index in [-0.39, 0.29) is 0 Å². The van der Waals surface area contributed by atoms with E-state index in [1.165, 1.54) is 0 Å². The van der Waals surface area contributed by atoms with Crippen molar-refractivity contribution in [2.75, 3.05) is 5.32 Å². The second-order valence-electron chi connectivity index (χ2n) is 3.81. The van der Waals surface area contributed by atoms with Crippen LogP contribution >= 0.6 is 55.7 Å². The van der Waals surface area contributed by atoms with Gasteiger partial charge in [-0.2, -0.15) is 0 Å². The first-order chi connectivity index (χ1) is 8.97. The molecule has 0 unspecified atom stereocenters. The normalized spacial score (nSPS) is 10.3. The molecule has 2 aromatic rings. The fourth-order valence-corrected chi connectivity index (χ4v) is 2.63. The monoisotopic (exact) mass is 418 g/mol. The molecule has 0 aromatic heterocycles. The molecule has 0 fully saturated rings. The largest absolute Gasteiger partial charge is 0.389 e. The van der Waals surface area contributed by atoms with Gasteiger partial charge in [-0.25, -0.2) is 0 Å². The highest BCUT2D eigenvalue weighted by Gasteiger charge is 2.06. The summed E-state index contributed by atoms with van der Waals surface area (Å²) >= 11 is 17.9. The average molecular weight is 421 g/mol. The molecule has 0 atom stereocenters. The van der Waals surface area contributed by atoms with Crippen LogP contribution < -0.4 is 11.1 Å². The van der Waals surface area contributed by atoms with Crippen molar-refractivity contribution in [3.05, 3.63) is 55.9 Å². The van der Waals surface area contributed by atoms with E-state index < -0.39 is 0 Å². The van der Waals surface area contributed by atoms with Crippen LogP contribution in [0.3, 0.4) is 0 Å². The van der Waals surface area contributed by atoms with Crippen LogP contribution in [0.25, 0.3) is 0 Å². The lowest BCUT2D eigenvalue weighted by atomic mass is 10.2. The van der Waals surface area contributed by atoms with E-state index in [9.17, 15) is 0 Å². The molecule has 6 heteroatoms. The molecule has 2 nitrogen and oxygen atoms in total. The summed E-state index contributed by atoms with van der Waals surface area (Å²) < 4.78 is 1.81. The van der Waals surface area contributed by atoms with Gasteiger partial charge in [0.1, 0.15) is 4.99 Å². The standard InChI is InChI=1S/C13H9Br2ClN2S/c14-9-3-2-8(16)6-12(9)18-11-4-1-7(13(17)19)5-10(11)15/h1-6,18H,(H2,17,19). The summed E-state index contributed by atoms with van der Waals surface area (Å²) in [5, 5.41) is 3.95. The average Bonchev–Trinajstić information content (AvgIpc) is 2.36. The number of nitrogens with one attached hydrogen (secondary N) is 1. The van der Waals surface area contributed by atoms with E-state index in [1.54, 1.807) is 0 Å². The van der Waals surface area contributed by atoms with Crippen LogP contribution in [0.2, 0.25) is 5.02 Å². The number of benzene rings is 2. The number of nitrogens with two attached hydrogens (primary N) is 1. The minimum absolute atomic E-state index is 0.371. The Labute approximate surface area is 138 Å². The number of hydrogen-bond donors (Lipinski definition) is 2. The molecule has 0 heterocycles. The van der Waals surface area contributed by atoms with Crippen molar-refractivity contribution in [2.45, 2.75) is 0 Å². The van der Waals surface area contributed by atoms with Crippen molar-refractivity contribution in [1.29, 1.82) is 0 Å². The van der Waals surface area contributed by atoms with E-state index in [1.807, 2.05) is 36.4 Å². The van der Waals surface area contributed by atoms with E-state index in [0.717, 1.165) is 25.9 Å². The van der Waals surface area contributed by atoms with Crippen molar-refractivity contribution < 1.29 is 0 Å². The third-order valence-corrected chi connectivity index (χ3v) is 4.27. The fraction of sp³-hybridized carbons (Fsp3) is 0. The number of anilines is 2. The van der Waals surface area contributed by atoms with Crippen LogP contribution in [-0.2, 0) is 0 Å². The molecule has 3 N–H and O–H groups in total. The van der Waals surface area contributed by atoms with Crippen molar-refractivity contribution in [1.82, 2.24) is 0 Å². The molecule has 0 aliphatic carbocycles. The zero-order chi connectivity index (χ0) is 14.0. The highest BCUT2D eigenvalue weighted by atomic mass is 79.9. The van der Waals surface area contributed by atoms with Crippen LogP contribution in [-0.4, -0.2) is 4.99 Å². The predicted octanol–water partition coefficient (Wildman–Crippen LogP) is 5.24. The summed E-state index contributed by atoms with van der Waals surface area (Å²) in [7, 11) is 0. The Morgan fingerprint density at radius 2 is 1.79 bits per heavy atom. The van der Waals surface area contributed by atoms with Gasteiger partial charge in [0, 0.05) is 19.5 Å². The van der Waals surface area contributed by atoms with E-state index in [4.69, 9.17) is 29.6 Å². The number of hydrogen-bond acceptors (Lipinski definition) is 2. The van der Waals surface area contributed by atoms with E-state index in [0.29, 0.717) is 10.0 Å². The molecule has 0 saturated carbocycles. The maximum Gasteiger partial charge on any atom is 0.104 e. The predicted molar refractivity (Wildman–Crippen MR) is 92.5 cm³/mol. The van der Waals surface area contributed by atoms with Gasteiger partial charge in [0.25, 0.3) is 0 Å². The second-order valence-corrected chi connectivity index (χ2v) is 6.39. The van der Waals surface area contributed by atoms with Crippen LogP contribution in [0, 0.1) is 0 Å². The summed E-state index contributed by atoms with van der Waals surface area (Å²) in [6.07, 6.45) is 0. The van der Waals surface area contributed by atoms with Gasteiger partial charge in [0.05, 0.1) is 11.4 Å². The highest BCUT2D eigenvalue weighted by molar-refractivity contribution is 9.11. The summed E-state index contributed by atoms with van der Waals surface area (Å²) in [6, 6.07) is 11.2.